The normalized spacial score (nSPS) is 10.7. The second-order valence-electron chi connectivity index (χ2n) is 5.36. The number of thiophene rings is 1. The van der Waals surface area contributed by atoms with Crippen LogP contribution >= 0.6 is 22.9 Å². The molecule has 27 heavy (non-hydrogen) atoms. The molecular weight excluding hydrogens is 400 g/mol. The quantitative estimate of drug-likeness (QED) is 0.621. The van der Waals surface area contributed by atoms with Gasteiger partial charge in [0.1, 0.15) is 22.3 Å². The van der Waals surface area contributed by atoms with Crippen molar-refractivity contribution in [1.82, 2.24) is 0 Å². The van der Waals surface area contributed by atoms with Gasteiger partial charge in [-0.25, -0.2) is 13.6 Å². The van der Waals surface area contributed by atoms with Gasteiger partial charge >= 0.3 is 5.97 Å². The van der Waals surface area contributed by atoms with Crippen molar-refractivity contribution >= 4 is 50.6 Å². The molecule has 0 fully saturated rings. The molecule has 0 unspecified atom stereocenters. The van der Waals surface area contributed by atoms with Gasteiger partial charge in [0, 0.05) is 16.2 Å². The third-order valence-corrected chi connectivity index (χ3v) is 5.20. The maximum absolute atomic E-state index is 13.5. The highest BCUT2D eigenvalue weighted by molar-refractivity contribution is 7.21. The van der Waals surface area contributed by atoms with Crippen LogP contribution in [0, 0.1) is 11.6 Å². The number of rotatable bonds is 5. The summed E-state index contributed by atoms with van der Waals surface area (Å²) in [6.07, 6.45) is 0. The van der Waals surface area contributed by atoms with Crippen molar-refractivity contribution in [3.05, 3.63) is 57.9 Å². The van der Waals surface area contributed by atoms with Crippen molar-refractivity contribution in [3.8, 4) is 5.75 Å². The molecule has 2 aromatic carbocycles. The predicted molar refractivity (Wildman–Crippen MR) is 98.7 cm³/mol. The van der Waals surface area contributed by atoms with Gasteiger partial charge in [0.25, 0.3) is 5.91 Å². The Bertz CT molecular complexity index is 1040. The lowest BCUT2D eigenvalue weighted by Crippen LogP contribution is -2.21. The van der Waals surface area contributed by atoms with Gasteiger partial charge in [-0.2, -0.15) is 0 Å². The van der Waals surface area contributed by atoms with E-state index in [0.717, 1.165) is 34.2 Å². The lowest BCUT2D eigenvalue weighted by molar-refractivity contribution is -0.119. The lowest BCUT2D eigenvalue weighted by Gasteiger charge is -2.07. The number of esters is 1. The fraction of sp³-hybridized carbons (Fsp3) is 0.111. The van der Waals surface area contributed by atoms with Crippen molar-refractivity contribution in [2.24, 2.45) is 0 Å². The monoisotopic (exact) mass is 411 g/mol. The topological polar surface area (TPSA) is 64.6 Å². The van der Waals surface area contributed by atoms with Crippen LogP contribution in [0.1, 0.15) is 9.67 Å². The molecule has 0 saturated heterocycles. The van der Waals surface area contributed by atoms with Crippen LogP contribution < -0.4 is 10.1 Å². The van der Waals surface area contributed by atoms with Gasteiger partial charge in [-0.05, 0) is 30.3 Å². The molecule has 0 radical (unpaired) electrons. The van der Waals surface area contributed by atoms with E-state index in [-0.39, 0.29) is 15.6 Å². The van der Waals surface area contributed by atoms with Crippen LogP contribution in [0.2, 0.25) is 5.02 Å². The number of carbonyl (C=O) groups is 2. The van der Waals surface area contributed by atoms with E-state index in [0.29, 0.717) is 11.1 Å². The molecule has 0 atom stereocenters. The first kappa shape index (κ1) is 19.1. The summed E-state index contributed by atoms with van der Waals surface area (Å²) >= 11 is 7.30. The Hall–Kier alpha value is -2.71. The first-order valence-corrected chi connectivity index (χ1v) is 8.76. The van der Waals surface area contributed by atoms with Crippen LogP contribution in [0.15, 0.2) is 36.4 Å². The first-order valence-electron chi connectivity index (χ1n) is 7.57. The fourth-order valence-corrected chi connectivity index (χ4v) is 3.71. The number of anilines is 1. The third-order valence-electron chi connectivity index (χ3n) is 3.56. The van der Waals surface area contributed by atoms with Crippen molar-refractivity contribution in [3.63, 3.8) is 0 Å². The van der Waals surface area contributed by atoms with E-state index in [4.69, 9.17) is 21.1 Å². The Morgan fingerprint density at radius 2 is 1.96 bits per heavy atom. The molecule has 0 spiro atoms. The Balaban J connectivity index is 1.68. The van der Waals surface area contributed by atoms with E-state index in [1.54, 1.807) is 18.2 Å². The number of amides is 1. The molecule has 1 heterocycles. The first-order chi connectivity index (χ1) is 12.9. The molecule has 0 saturated carbocycles. The van der Waals surface area contributed by atoms with Gasteiger partial charge < -0.3 is 14.8 Å². The Labute approximate surface area is 161 Å². The predicted octanol–water partition coefficient (Wildman–Crippen LogP) is 4.64. The molecule has 0 aliphatic rings. The molecular formula is C18H12ClF2NO4S. The van der Waals surface area contributed by atoms with Gasteiger partial charge in [-0.1, -0.05) is 11.6 Å². The van der Waals surface area contributed by atoms with E-state index in [9.17, 15) is 18.4 Å². The molecule has 140 valence electrons. The van der Waals surface area contributed by atoms with Gasteiger partial charge in [-0.15, -0.1) is 11.3 Å². The summed E-state index contributed by atoms with van der Waals surface area (Å²) in [5, 5.41) is 3.00. The Morgan fingerprint density at radius 3 is 2.70 bits per heavy atom. The van der Waals surface area contributed by atoms with Crippen LogP contribution in [-0.2, 0) is 9.53 Å². The number of ether oxygens (including phenoxy) is 2. The smallest absolute Gasteiger partial charge is 0.350 e. The van der Waals surface area contributed by atoms with Crippen LogP contribution in [0.5, 0.6) is 5.75 Å². The second kappa shape index (κ2) is 7.89. The number of nitrogens with one attached hydrogen (secondary N) is 1. The number of carbonyl (C=O) groups excluding carboxylic acids is 2. The number of fused-ring (bicyclic) bond motifs is 1. The summed E-state index contributed by atoms with van der Waals surface area (Å²) in [7, 11) is 1.52. The molecule has 1 amide bonds. The average Bonchev–Trinajstić information content (AvgIpc) is 2.98. The van der Waals surface area contributed by atoms with E-state index < -0.39 is 30.1 Å². The van der Waals surface area contributed by atoms with Gasteiger partial charge in [0.15, 0.2) is 6.61 Å². The maximum Gasteiger partial charge on any atom is 0.350 e. The highest BCUT2D eigenvalue weighted by atomic mass is 35.5. The van der Waals surface area contributed by atoms with Crippen LogP contribution in [0.3, 0.4) is 0 Å². The van der Waals surface area contributed by atoms with Crippen molar-refractivity contribution in [1.29, 1.82) is 0 Å². The third kappa shape index (κ3) is 4.17. The van der Waals surface area contributed by atoms with E-state index in [1.807, 2.05) is 0 Å². The van der Waals surface area contributed by atoms with E-state index in [2.05, 4.69) is 5.32 Å². The van der Waals surface area contributed by atoms with Crippen molar-refractivity contribution in [2.75, 3.05) is 19.0 Å². The minimum atomic E-state index is -0.813. The largest absolute Gasteiger partial charge is 0.497 e. The molecule has 9 heteroatoms. The molecule has 0 aliphatic heterocycles. The van der Waals surface area contributed by atoms with Crippen LogP contribution in [0.25, 0.3) is 10.1 Å². The molecule has 3 rings (SSSR count). The number of hydrogen-bond acceptors (Lipinski definition) is 5. The summed E-state index contributed by atoms with van der Waals surface area (Å²) in [6, 6.07) is 7.76. The number of benzene rings is 2. The van der Waals surface area contributed by atoms with Crippen LogP contribution in [-0.4, -0.2) is 25.6 Å². The van der Waals surface area contributed by atoms with E-state index in [1.165, 1.54) is 7.11 Å². The molecule has 0 bridgehead atoms. The Morgan fingerprint density at radius 1 is 1.19 bits per heavy atom. The van der Waals surface area contributed by atoms with Gasteiger partial charge in [0.2, 0.25) is 0 Å². The second-order valence-corrected chi connectivity index (χ2v) is 6.79. The lowest BCUT2D eigenvalue weighted by atomic mass is 10.2. The molecule has 1 N–H and O–H groups in total. The maximum atomic E-state index is 13.5. The summed E-state index contributed by atoms with van der Waals surface area (Å²) in [5.74, 6) is -2.52. The summed E-state index contributed by atoms with van der Waals surface area (Å²) < 4.78 is 37.4. The standard InChI is InChI=1S/C18H12ClF2NO4S/c1-25-10-3-4-11-14(7-10)27-17(16(11)19)18(24)26-8-15(23)22-13-6-9(20)2-5-12(13)21/h2-7H,8H2,1H3,(H,22,23). The van der Waals surface area contributed by atoms with Crippen molar-refractivity contribution < 1.29 is 27.8 Å². The minimum Gasteiger partial charge on any atom is -0.497 e. The Kier molecular flexibility index (Phi) is 5.57. The fourth-order valence-electron chi connectivity index (χ4n) is 2.28. The van der Waals surface area contributed by atoms with Crippen molar-refractivity contribution in [2.45, 2.75) is 0 Å². The summed E-state index contributed by atoms with van der Waals surface area (Å²) in [6.45, 7) is -0.678. The SMILES string of the molecule is COc1ccc2c(Cl)c(C(=O)OCC(=O)Nc3cc(F)ccc3F)sc2c1. The summed E-state index contributed by atoms with van der Waals surface area (Å²) in [4.78, 5) is 24.2. The zero-order valence-corrected chi connectivity index (χ0v) is 15.4. The molecule has 3 aromatic rings. The van der Waals surface area contributed by atoms with Gasteiger partial charge in [0.05, 0.1) is 17.8 Å². The zero-order chi connectivity index (χ0) is 19.6. The number of halogens is 3. The minimum absolute atomic E-state index is 0.129. The molecule has 0 aliphatic carbocycles. The molecule has 1 aromatic heterocycles. The highest BCUT2D eigenvalue weighted by Gasteiger charge is 2.20. The zero-order valence-electron chi connectivity index (χ0n) is 13.8. The van der Waals surface area contributed by atoms with Gasteiger partial charge in [-0.3, -0.25) is 4.79 Å². The van der Waals surface area contributed by atoms with E-state index >= 15 is 0 Å². The number of hydrogen-bond donors (Lipinski definition) is 1. The molecule has 5 nitrogen and oxygen atoms in total. The van der Waals surface area contributed by atoms with Crippen LogP contribution in [0.4, 0.5) is 14.5 Å². The number of methoxy groups -OCH3 is 1. The highest BCUT2D eigenvalue weighted by Crippen LogP contribution is 2.37. The average molecular weight is 412 g/mol. The summed E-state index contributed by atoms with van der Waals surface area (Å²) in [5.41, 5.74) is -0.344.